The lowest BCUT2D eigenvalue weighted by Crippen LogP contribution is -2.12. The molecule has 0 heterocycles. The predicted octanol–water partition coefficient (Wildman–Crippen LogP) is 3.38. The van der Waals surface area contributed by atoms with Crippen LogP contribution in [0.15, 0.2) is 54.6 Å². The van der Waals surface area contributed by atoms with Crippen LogP contribution in [0.2, 0.25) is 0 Å². The maximum absolute atomic E-state index is 12.2. The number of hydrogen-bond acceptors (Lipinski definition) is 2. The molecular formula is C19H16O3. The van der Waals surface area contributed by atoms with Gasteiger partial charge in [-0.3, -0.25) is 9.59 Å². The van der Waals surface area contributed by atoms with Gasteiger partial charge in [-0.15, -0.1) is 0 Å². The average molecular weight is 292 g/mol. The summed E-state index contributed by atoms with van der Waals surface area (Å²) in [4.78, 5) is 23.3. The van der Waals surface area contributed by atoms with E-state index in [1.54, 1.807) is 18.2 Å². The summed E-state index contributed by atoms with van der Waals surface area (Å²) in [6, 6.07) is 15.1. The van der Waals surface area contributed by atoms with Gasteiger partial charge in [0.05, 0.1) is 5.92 Å². The summed E-state index contributed by atoms with van der Waals surface area (Å²) in [5.41, 5.74) is 3.60. The molecule has 0 spiro atoms. The Morgan fingerprint density at radius 2 is 1.73 bits per heavy atom. The lowest BCUT2D eigenvalue weighted by atomic mass is 10.0. The number of fused-ring (bicyclic) bond motifs is 1. The highest BCUT2D eigenvalue weighted by atomic mass is 16.4. The first kappa shape index (κ1) is 14.3. The van der Waals surface area contributed by atoms with Crippen LogP contribution < -0.4 is 0 Å². The Morgan fingerprint density at radius 3 is 2.45 bits per heavy atom. The molecule has 0 bridgehead atoms. The summed E-state index contributed by atoms with van der Waals surface area (Å²) in [5.74, 6) is -1.20. The molecule has 3 nitrogen and oxygen atoms in total. The van der Waals surface area contributed by atoms with Gasteiger partial charge in [-0.2, -0.15) is 0 Å². The minimum absolute atomic E-state index is 0.0644. The number of ketones is 1. The van der Waals surface area contributed by atoms with Gasteiger partial charge in [-0.1, -0.05) is 48.5 Å². The van der Waals surface area contributed by atoms with Gasteiger partial charge in [0.1, 0.15) is 0 Å². The monoisotopic (exact) mass is 292 g/mol. The van der Waals surface area contributed by atoms with Crippen LogP contribution in [0.25, 0.3) is 6.08 Å². The van der Waals surface area contributed by atoms with Gasteiger partial charge in [0, 0.05) is 5.56 Å². The fraction of sp³-hybridized carbons (Fsp3) is 0.158. The summed E-state index contributed by atoms with van der Waals surface area (Å²) < 4.78 is 0. The predicted molar refractivity (Wildman–Crippen MR) is 84.8 cm³/mol. The number of allylic oxidation sites excluding steroid dienone is 1. The topological polar surface area (TPSA) is 54.4 Å². The highest BCUT2D eigenvalue weighted by Crippen LogP contribution is 2.28. The molecule has 1 atom stereocenters. The van der Waals surface area contributed by atoms with Crippen LogP contribution in [0.5, 0.6) is 0 Å². The molecule has 0 fully saturated rings. The first-order chi connectivity index (χ1) is 10.6. The summed E-state index contributed by atoms with van der Waals surface area (Å²) in [6.45, 7) is 0. The van der Waals surface area contributed by atoms with Gasteiger partial charge in [0.15, 0.2) is 5.78 Å². The Hall–Kier alpha value is -2.68. The number of carbonyl (C=O) groups is 2. The van der Waals surface area contributed by atoms with Gasteiger partial charge < -0.3 is 5.11 Å². The Labute approximate surface area is 128 Å². The molecule has 22 heavy (non-hydrogen) atoms. The molecule has 0 aliphatic heterocycles. The number of carbonyl (C=O) groups excluding carboxylic acids is 1. The molecular weight excluding hydrogens is 276 g/mol. The zero-order chi connectivity index (χ0) is 15.5. The summed E-state index contributed by atoms with van der Waals surface area (Å²) in [5, 5.41) is 9.10. The Bertz CT molecular complexity index is 745. The maximum atomic E-state index is 12.2. The Kier molecular flexibility index (Phi) is 3.88. The van der Waals surface area contributed by atoms with Crippen LogP contribution in [-0.2, 0) is 17.6 Å². The molecule has 0 amide bonds. The van der Waals surface area contributed by atoms with Gasteiger partial charge >= 0.3 is 5.97 Å². The van der Waals surface area contributed by atoms with E-state index in [4.69, 9.17) is 5.11 Å². The van der Waals surface area contributed by atoms with Crippen LogP contribution in [0.1, 0.15) is 27.0 Å². The number of aliphatic carboxylic acids is 1. The number of rotatable bonds is 4. The van der Waals surface area contributed by atoms with Gasteiger partial charge in [-0.05, 0) is 41.7 Å². The first-order valence-corrected chi connectivity index (χ1v) is 7.25. The fourth-order valence-electron chi connectivity index (χ4n) is 2.78. The lowest BCUT2D eigenvalue weighted by Gasteiger charge is -2.01. The minimum atomic E-state index is -0.770. The second-order valence-electron chi connectivity index (χ2n) is 5.54. The molecule has 3 heteroatoms. The van der Waals surface area contributed by atoms with E-state index in [-0.39, 0.29) is 11.7 Å². The molecule has 0 aromatic heterocycles. The zero-order valence-corrected chi connectivity index (χ0v) is 12.0. The van der Waals surface area contributed by atoms with Gasteiger partial charge in [0.2, 0.25) is 0 Å². The van der Waals surface area contributed by atoms with Crippen molar-refractivity contribution < 1.29 is 14.7 Å². The smallest absolute Gasteiger partial charge is 0.307 e. The molecule has 0 saturated heterocycles. The minimum Gasteiger partial charge on any atom is -0.481 e. The van der Waals surface area contributed by atoms with Crippen molar-refractivity contribution in [3.8, 4) is 0 Å². The van der Waals surface area contributed by atoms with E-state index in [1.165, 1.54) is 0 Å². The Morgan fingerprint density at radius 1 is 1.00 bits per heavy atom. The zero-order valence-electron chi connectivity index (χ0n) is 12.0. The first-order valence-electron chi connectivity index (χ1n) is 7.25. The average Bonchev–Trinajstić information content (AvgIpc) is 2.97. The van der Waals surface area contributed by atoms with E-state index in [2.05, 4.69) is 0 Å². The molecule has 1 N–H and O–H groups in total. The summed E-state index contributed by atoms with van der Waals surface area (Å²) in [7, 11) is 0. The molecule has 110 valence electrons. The van der Waals surface area contributed by atoms with Crippen LogP contribution >= 0.6 is 0 Å². The largest absolute Gasteiger partial charge is 0.481 e. The van der Waals surface area contributed by atoms with Crippen molar-refractivity contribution in [2.45, 2.75) is 12.8 Å². The van der Waals surface area contributed by atoms with Crippen LogP contribution in [0.4, 0.5) is 0 Å². The number of benzene rings is 2. The van der Waals surface area contributed by atoms with Crippen molar-refractivity contribution in [1.29, 1.82) is 0 Å². The lowest BCUT2D eigenvalue weighted by molar-refractivity contribution is -0.141. The normalized spacial score (nSPS) is 16.6. The molecule has 2 aromatic carbocycles. The molecule has 1 unspecified atom stereocenters. The van der Waals surface area contributed by atoms with Crippen molar-refractivity contribution in [3.63, 3.8) is 0 Å². The van der Waals surface area contributed by atoms with Crippen molar-refractivity contribution in [3.05, 3.63) is 76.9 Å². The second-order valence-corrected chi connectivity index (χ2v) is 5.54. The summed E-state index contributed by atoms with van der Waals surface area (Å²) in [6.07, 6.45) is 4.41. The van der Waals surface area contributed by atoms with Crippen LogP contribution in [-0.4, -0.2) is 16.9 Å². The van der Waals surface area contributed by atoms with E-state index in [1.807, 2.05) is 42.5 Å². The molecule has 1 aliphatic carbocycles. The molecule has 2 aromatic rings. The van der Waals surface area contributed by atoms with Crippen molar-refractivity contribution >= 4 is 17.8 Å². The quantitative estimate of drug-likeness (QED) is 0.694. The molecule has 1 aliphatic rings. The molecule has 0 saturated carbocycles. The highest BCUT2D eigenvalue weighted by Gasteiger charge is 2.27. The number of carboxylic acid groups (broad SMARTS) is 1. The standard InChI is InChI=1S/C19H16O3/c20-18(9-6-13-4-2-1-3-5-13)15-8-7-14-10-17(19(21)22)12-16(14)11-15/h1-9,11,17H,10,12H2,(H,21,22)/b9-6+. The van der Waals surface area contributed by atoms with E-state index < -0.39 is 5.97 Å². The third kappa shape index (κ3) is 2.98. The highest BCUT2D eigenvalue weighted by molar-refractivity contribution is 6.07. The molecule has 0 radical (unpaired) electrons. The number of carboxylic acids is 1. The van der Waals surface area contributed by atoms with E-state index in [0.717, 1.165) is 16.7 Å². The van der Waals surface area contributed by atoms with E-state index in [9.17, 15) is 9.59 Å². The second kappa shape index (κ2) is 5.98. The van der Waals surface area contributed by atoms with Gasteiger partial charge in [-0.25, -0.2) is 0 Å². The van der Waals surface area contributed by atoms with Crippen molar-refractivity contribution in [2.24, 2.45) is 5.92 Å². The van der Waals surface area contributed by atoms with E-state index >= 15 is 0 Å². The SMILES string of the molecule is O=C(/C=C/c1ccccc1)c1ccc2c(c1)CC(C(=O)O)C2. The van der Waals surface area contributed by atoms with Crippen molar-refractivity contribution in [1.82, 2.24) is 0 Å². The Balaban J connectivity index is 1.77. The van der Waals surface area contributed by atoms with Crippen LogP contribution in [0, 0.1) is 5.92 Å². The van der Waals surface area contributed by atoms with E-state index in [0.29, 0.717) is 18.4 Å². The molecule has 3 rings (SSSR count). The summed E-state index contributed by atoms with van der Waals surface area (Å²) >= 11 is 0. The fourth-order valence-corrected chi connectivity index (χ4v) is 2.78. The third-order valence-electron chi connectivity index (χ3n) is 4.00. The van der Waals surface area contributed by atoms with Gasteiger partial charge in [0.25, 0.3) is 0 Å². The van der Waals surface area contributed by atoms with Crippen molar-refractivity contribution in [2.75, 3.05) is 0 Å². The maximum Gasteiger partial charge on any atom is 0.307 e. The van der Waals surface area contributed by atoms with Crippen LogP contribution in [0.3, 0.4) is 0 Å². The third-order valence-corrected chi connectivity index (χ3v) is 4.00. The number of hydrogen-bond donors (Lipinski definition) is 1.